The van der Waals surface area contributed by atoms with Gasteiger partial charge in [-0.1, -0.05) is 49.6 Å². The van der Waals surface area contributed by atoms with Crippen LogP contribution in [0, 0.1) is 5.92 Å². The number of nitrogens with zero attached hydrogens (tertiary/aromatic N) is 4. The number of unbranched alkanes of at least 4 members (excludes halogenated alkanes) is 1. The standard InChI is InChI=1S/C28H40N4O3S/c1-5-6-15-36-31-13-11-24(12-14-31)32(20-21-18-30(19-21)27(34)35-28(2,3)4)26(33)25-16-22-9-7-8-10-23(22)17-29-25/h7-10,16-17,21,24H,5-6,11-15,18-20H2,1-4H3. The van der Waals surface area contributed by atoms with Gasteiger partial charge in [-0.05, 0) is 51.5 Å². The van der Waals surface area contributed by atoms with Crippen molar-refractivity contribution < 1.29 is 14.3 Å². The highest BCUT2D eigenvalue weighted by molar-refractivity contribution is 7.97. The minimum Gasteiger partial charge on any atom is -0.444 e. The number of carbonyl (C=O) groups is 2. The molecular formula is C28H40N4O3S. The van der Waals surface area contributed by atoms with Gasteiger partial charge in [0.2, 0.25) is 0 Å². The molecule has 7 nitrogen and oxygen atoms in total. The Morgan fingerprint density at radius 2 is 1.83 bits per heavy atom. The van der Waals surface area contributed by atoms with Crippen LogP contribution in [0.2, 0.25) is 0 Å². The molecule has 36 heavy (non-hydrogen) atoms. The van der Waals surface area contributed by atoms with E-state index in [9.17, 15) is 9.59 Å². The van der Waals surface area contributed by atoms with Crippen molar-refractivity contribution in [1.29, 1.82) is 0 Å². The van der Waals surface area contributed by atoms with Crippen molar-refractivity contribution in [3.63, 3.8) is 0 Å². The summed E-state index contributed by atoms with van der Waals surface area (Å²) >= 11 is 1.94. The van der Waals surface area contributed by atoms with Crippen molar-refractivity contribution >= 4 is 34.7 Å². The number of hydrogen-bond acceptors (Lipinski definition) is 6. The Kier molecular flexibility index (Phi) is 8.78. The predicted octanol–water partition coefficient (Wildman–Crippen LogP) is 5.46. The Bertz CT molecular complexity index is 1040. The molecular weight excluding hydrogens is 472 g/mol. The SMILES string of the molecule is CCCCSN1CCC(N(CC2CN(C(=O)OC(C)(C)C)C2)C(=O)c2cc3ccccc3cn2)CC1. The van der Waals surface area contributed by atoms with Gasteiger partial charge < -0.3 is 14.5 Å². The molecule has 8 heteroatoms. The monoisotopic (exact) mass is 512 g/mol. The van der Waals surface area contributed by atoms with E-state index in [0.717, 1.165) is 42.5 Å². The van der Waals surface area contributed by atoms with Gasteiger partial charge in [-0.25, -0.2) is 4.79 Å². The van der Waals surface area contributed by atoms with Crippen LogP contribution in [0.25, 0.3) is 10.8 Å². The number of aromatic nitrogens is 1. The zero-order valence-corrected chi connectivity index (χ0v) is 22.9. The number of piperidine rings is 1. The highest BCUT2D eigenvalue weighted by atomic mass is 32.2. The van der Waals surface area contributed by atoms with Crippen molar-refractivity contribution in [2.24, 2.45) is 5.92 Å². The zero-order chi connectivity index (χ0) is 25.7. The summed E-state index contributed by atoms with van der Waals surface area (Å²) in [6.45, 7) is 11.7. The first-order valence-corrected chi connectivity index (χ1v) is 14.2. The van der Waals surface area contributed by atoms with Gasteiger partial charge in [0.1, 0.15) is 11.3 Å². The van der Waals surface area contributed by atoms with Gasteiger partial charge in [-0.15, -0.1) is 0 Å². The molecule has 0 saturated carbocycles. The van der Waals surface area contributed by atoms with Gasteiger partial charge in [-0.3, -0.25) is 14.1 Å². The number of benzene rings is 1. The lowest BCUT2D eigenvalue weighted by molar-refractivity contribution is -0.00875. The number of carbonyl (C=O) groups excluding carboxylic acids is 2. The molecule has 2 fully saturated rings. The molecule has 0 radical (unpaired) electrons. The Labute approximate surface area is 219 Å². The predicted molar refractivity (Wildman–Crippen MR) is 146 cm³/mol. The maximum atomic E-state index is 13.8. The van der Waals surface area contributed by atoms with E-state index in [-0.39, 0.29) is 24.0 Å². The summed E-state index contributed by atoms with van der Waals surface area (Å²) in [5, 5.41) is 2.06. The van der Waals surface area contributed by atoms with Crippen LogP contribution >= 0.6 is 11.9 Å². The Morgan fingerprint density at radius 3 is 2.50 bits per heavy atom. The van der Waals surface area contributed by atoms with E-state index < -0.39 is 5.60 Å². The highest BCUT2D eigenvalue weighted by Gasteiger charge is 2.38. The van der Waals surface area contributed by atoms with E-state index in [4.69, 9.17) is 4.74 Å². The highest BCUT2D eigenvalue weighted by Crippen LogP contribution is 2.28. The first kappa shape index (κ1) is 26.7. The number of likely N-dealkylation sites (tertiary alicyclic amines) is 1. The summed E-state index contributed by atoms with van der Waals surface area (Å²) in [5.41, 5.74) is -0.00791. The van der Waals surface area contributed by atoms with Crippen molar-refractivity contribution in [3.05, 3.63) is 42.2 Å². The molecule has 1 aromatic carbocycles. The van der Waals surface area contributed by atoms with Crippen molar-refractivity contribution in [2.75, 3.05) is 38.5 Å². The molecule has 0 aliphatic carbocycles. The molecule has 196 valence electrons. The molecule has 2 aromatic rings. The van der Waals surface area contributed by atoms with E-state index >= 15 is 0 Å². The maximum absolute atomic E-state index is 13.8. The first-order chi connectivity index (χ1) is 17.2. The number of amides is 2. The summed E-state index contributed by atoms with van der Waals surface area (Å²) in [7, 11) is 0. The molecule has 2 saturated heterocycles. The number of ether oxygens (including phenoxy) is 1. The van der Waals surface area contributed by atoms with Gasteiger partial charge in [0, 0.05) is 62.0 Å². The second-order valence-electron chi connectivity index (χ2n) is 11.0. The molecule has 0 bridgehead atoms. The lowest BCUT2D eigenvalue weighted by Gasteiger charge is -2.44. The van der Waals surface area contributed by atoms with Crippen LogP contribution < -0.4 is 0 Å². The van der Waals surface area contributed by atoms with Gasteiger partial charge >= 0.3 is 6.09 Å². The van der Waals surface area contributed by atoms with Gasteiger partial charge in [0.05, 0.1) is 0 Å². The normalized spacial score (nSPS) is 17.7. The summed E-state index contributed by atoms with van der Waals surface area (Å²) in [5.74, 6) is 1.40. The average molecular weight is 513 g/mol. The Morgan fingerprint density at radius 1 is 1.14 bits per heavy atom. The van der Waals surface area contributed by atoms with E-state index in [1.807, 2.05) is 68.0 Å². The van der Waals surface area contributed by atoms with E-state index in [0.29, 0.717) is 25.3 Å². The average Bonchev–Trinajstić information content (AvgIpc) is 2.82. The summed E-state index contributed by atoms with van der Waals surface area (Å²) < 4.78 is 7.96. The van der Waals surface area contributed by atoms with E-state index in [1.54, 1.807) is 11.1 Å². The number of hydrogen-bond donors (Lipinski definition) is 0. The van der Waals surface area contributed by atoms with E-state index in [2.05, 4.69) is 16.2 Å². The van der Waals surface area contributed by atoms with Crippen LogP contribution in [0.4, 0.5) is 4.79 Å². The smallest absolute Gasteiger partial charge is 0.410 e. The Balaban J connectivity index is 1.43. The largest absolute Gasteiger partial charge is 0.444 e. The molecule has 0 atom stereocenters. The van der Waals surface area contributed by atoms with Crippen LogP contribution in [-0.2, 0) is 4.74 Å². The van der Waals surface area contributed by atoms with E-state index in [1.165, 1.54) is 12.8 Å². The third kappa shape index (κ3) is 6.91. The second-order valence-corrected chi connectivity index (χ2v) is 12.2. The molecule has 1 aromatic heterocycles. The van der Waals surface area contributed by atoms with Gasteiger partial charge in [0.15, 0.2) is 0 Å². The second kappa shape index (κ2) is 11.8. The third-order valence-corrected chi connectivity index (χ3v) is 8.01. The van der Waals surface area contributed by atoms with Crippen molar-refractivity contribution in [1.82, 2.24) is 19.1 Å². The van der Waals surface area contributed by atoms with Crippen LogP contribution in [-0.4, -0.2) is 81.2 Å². The number of rotatable bonds is 8. The summed E-state index contributed by atoms with van der Waals surface area (Å²) in [6.07, 6.45) is 5.89. The summed E-state index contributed by atoms with van der Waals surface area (Å²) in [6, 6.07) is 10.1. The van der Waals surface area contributed by atoms with Gasteiger partial charge in [-0.2, -0.15) is 0 Å². The molecule has 2 amide bonds. The molecule has 2 aliphatic heterocycles. The van der Waals surface area contributed by atoms with Crippen LogP contribution in [0.1, 0.15) is 63.9 Å². The maximum Gasteiger partial charge on any atom is 0.410 e. The minimum absolute atomic E-state index is 0.00597. The van der Waals surface area contributed by atoms with Gasteiger partial charge in [0.25, 0.3) is 5.91 Å². The van der Waals surface area contributed by atoms with Crippen LogP contribution in [0.5, 0.6) is 0 Å². The van der Waals surface area contributed by atoms with Crippen molar-refractivity contribution in [2.45, 2.75) is 65.0 Å². The molecule has 0 N–H and O–H groups in total. The molecule has 0 unspecified atom stereocenters. The molecule has 2 aliphatic rings. The molecule has 4 rings (SSSR count). The number of pyridine rings is 1. The minimum atomic E-state index is -0.505. The van der Waals surface area contributed by atoms with Crippen molar-refractivity contribution in [3.8, 4) is 0 Å². The topological polar surface area (TPSA) is 66.0 Å². The fourth-order valence-corrected chi connectivity index (χ4v) is 5.95. The summed E-state index contributed by atoms with van der Waals surface area (Å²) in [4.78, 5) is 34.5. The quantitative estimate of drug-likeness (QED) is 0.346. The fraction of sp³-hybridized carbons (Fsp3) is 0.607. The first-order valence-electron chi connectivity index (χ1n) is 13.2. The Hall–Kier alpha value is -2.32. The lowest BCUT2D eigenvalue weighted by Crippen LogP contribution is -2.57. The molecule has 0 spiro atoms. The molecule has 3 heterocycles. The van der Waals surface area contributed by atoms with Crippen LogP contribution in [0.3, 0.4) is 0 Å². The third-order valence-electron chi connectivity index (χ3n) is 6.81. The van der Waals surface area contributed by atoms with Crippen LogP contribution in [0.15, 0.2) is 36.5 Å². The fourth-order valence-electron chi connectivity index (χ4n) is 4.81. The zero-order valence-electron chi connectivity index (χ0n) is 22.1. The lowest BCUT2D eigenvalue weighted by atomic mass is 9.96. The number of fused-ring (bicyclic) bond motifs is 1.